The van der Waals surface area contributed by atoms with Crippen molar-refractivity contribution in [2.45, 2.75) is 52.0 Å². The standard InChI is InChI=1S/C14H23NO2/c1-10(11-5-6-11)8-13(17)15-12-4-3-7-14(12,2)9-16/h8,11-12,16H,3-7,9H2,1-2H3,(H,15,17). The van der Waals surface area contributed by atoms with Gasteiger partial charge in [-0.3, -0.25) is 4.79 Å². The highest BCUT2D eigenvalue weighted by Gasteiger charge is 2.38. The monoisotopic (exact) mass is 237 g/mol. The van der Waals surface area contributed by atoms with Gasteiger partial charge in [-0.1, -0.05) is 18.9 Å². The normalized spacial score (nSPS) is 33.8. The van der Waals surface area contributed by atoms with Crippen LogP contribution in [0.25, 0.3) is 0 Å². The molecule has 0 heterocycles. The summed E-state index contributed by atoms with van der Waals surface area (Å²) >= 11 is 0. The molecule has 3 nitrogen and oxygen atoms in total. The first-order chi connectivity index (χ1) is 8.05. The third kappa shape index (κ3) is 2.89. The van der Waals surface area contributed by atoms with Gasteiger partial charge in [0.15, 0.2) is 0 Å². The van der Waals surface area contributed by atoms with Gasteiger partial charge in [-0.25, -0.2) is 0 Å². The van der Waals surface area contributed by atoms with Crippen LogP contribution in [0.1, 0.15) is 46.0 Å². The van der Waals surface area contributed by atoms with E-state index in [0.29, 0.717) is 5.92 Å². The molecule has 2 N–H and O–H groups in total. The van der Waals surface area contributed by atoms with E-state index < -0.39 is 0 Å². The van der Waals surface area contributed by atoms with Gasteiger partial charge in [0.1, 0.15) is 0 Å². The van der Waals surface area contributed by atoms with Crippen LogP contribution >= 0.6 is 0 Å². The van der Waals surface area contributed by atoms with Crippen LogP contribution in [0.5, 0.6) is 0 Å². The van der Waals surface area contributed by atoms with E-state index in [9.17, 15) is 9.90 Å². The fraction of sp³-hybridized carbons (Fsp3) is 0.786. The summed E-state index contributed by atoms with van der Waals surface area (Å²) in [4.78, 5) is 11.9. The maximum Gasteiger partial charge on any atom is 0.244 e. The van der Waals surface area contributed by atoms with Crippen molar-refractivity contribution in [2.75, 3.05) is 6.61 Å². The van der Waals surface area contributed by atoms with E-state index in [4.69, 9.17) is 0 Å². The van der Waals surface area contributed by atoms with Gasteiger partial charge in [-0.15, -0.1) is 0 Å². The lowest BCUT2D eigenvalue weighted by atomic mass is 9.86. The topological polar surface area (TPSA) is 49.3 Å². The molecule has 2 rings (SSSR count). The van der Waals surface area contributed by atoms with Crippen LogP contribution in [0, 0.1) is 11.3 Å². The SMILES string of the molecule is CC(=CC(=O)NC1CCCC1(C)CO)C1CC1. The molecule has 2 atom stereocenters. The van der Waals surface area contributed by atoms with Gasteiger partial charge in [0.25, 0.3) is 0 Å². The molecule has 0 aromatic carbocycles. The minimum Gasteiger partial charge on any atom is -0.396 e. The number of carbonyl (C=O) groups excluding carboxylic acids is 1. The molecular weight excluding hydrogens is 214 g/mol. The highest BCUT2D eigenvalue weighted by atomic mass is 16.3. The van der Waals surface area contributed by atoms with E-state index in [-0.39, 0.29) is 24.0 Å². The van der Waals surface area contributed by atoms with Crippen molar-refractivity contribution in [1.29, 1.82) is 0 Å². The first kappa shape index (κ1) is 12.6. The number of hydrogen-bond donors (Lipinski definition) is 2. The molecule has 0 spiro atoms. The average Bonchev–Trinajstić information content (AvgIpc) is 3.06. The van der Waals surface area contributed by atoms with Gasteiger partial charge in [0, 0.05) is 17.5 Å². The van der Waals surface area contributed by atoms with Crippen molar-refractivity contribution in [3.8, 4) is 0 Å². The zero-order valence-electron chi connectivity index (χ0n) is 10.8. The fourth-order valence-electron chi connectivity index (χ4n) is 2.75. The Morgan fingerprint density at radius 3 is 2.76 bits per heavy atom. The molecule has 96 valence electrons. The number of rotatable bonds is 4. The van der Waals surface area contributed by atoms with E-state index in [2.05, 4.69) is 12.2 Å². The minimum atomic E-state index is -0.128. The maximum absolute atomic E-state index is 11.9. The number of allylic oxidation sites excluding steroid dienone is 1. The van der Waals surface area contributed by atoms with Crippen molar-refractivity contribution in [1.82, 2.24) is 5.32 Å². The van der Waals surface area contributed by atoms with Gasteiger partial charge < -0.3 is 10.4 Å². The Bertz CT molecular complexity index is 333. The third-order valence-electron chi connectivity index (χ3n) is 4.34. The first-order valence-electron chi connectivity index (χ1n) is 6.65. The molecule has 0 aliphatic heterocycles. The highest BCUT2D eigenvalue weighted by Crippen LogP contribution is 2.38. The number of carbonyl (C=O) groups is 1. The molecule has 0 bridgehead atoms. The van der Waals surface area contributed by atoms with E-state index >= 15 is 0 Å². The van der Waals surface area contributed by atoms with Crippen LogP contribution < -0.4 is 5.32 Å². The molecule has 1 amide bonds. The Balaban J connectivity index is 1.92. The Kier molecular flexibility index (Phi) is 3.57. The summed E-state index contributed by atoms with van der Waals surface area (Å²) < 4.78 is 0. The molecule has 2 aliphatic carbocycles. The Morgan fingerprint density at radius 1 is 1.47 bits per heavy atom. The second-order valence-electron chi connectivity index (χ2n) is 5.93. The van der Waals surface area contributed by atoms with Crippen molar-refractivity contribution in [2.24, 2.45) is 11.3 Å². The van der Waals surface area contributed by atoms with Crippen molar-refractivity contribution in [3.63, 3.8) is 0 Å². The number of amides is 1. The summed E-state index contributed by atoms with van der Waals surface area (Å²) in [6.07, 6.45) is 7.28. The molecule has 2 unspecified atom stereocenters. The predicted molar refractivity (Wildman–Crippen MR) is 67.5 cm³/mol. The molecule has 2 fully saturated rings. The van der Waals surface area contributed by atoms with Gasteiger partial charge >= 0.3 is 0 Å². The second-order valence-corrected chi connectivity index (χ2v) is 5.93. The van der Waals surface area contributed by atoms with Crippen LogP contribution in [-0.4, -0.2) is 23.7 Å². The van der Waals surface area contributed by atoms with Gasteiger partial charge in [0.05, 0.1) is 6.61 Å². The van der Waals surface area contributed by atoms with Crippen LogP contribution in [0.2, 0.25) is 0 Å². The van der Waals surface area contributed by atoms with E-state index in [1.807, 2.05) is 6.92 Å². The molecule has 0 aromatic heterocycles. The van der Waals surface area contributed by atoms with E-state index in [0.717, 1.165) is 19.3 Å². The largest absolute Gasteiger partial charge is 0.396 e. The quantitative estimate of drug-likeness (QED) is 0.735. The van der Waals surface area contributed by atoms with E-state index in [1.54, 1.807) is 6.08 Å². The van der Waals surface area contributed by atoms with Crippen molar-refractivity contribution < 1.29 is 9.90 Å². The van der Waals surface area contributed by atoms with Crippen LogP contribution in [0.15, 0.2) is 11.6 Å². The number of aliphatic hydroxyl groups excluding tert-OH is 1. The lowest BCUT2D eigenvalue weighted by Gasteiger charge is -2.29. The molecule has 0 saturated heterocycles. The van der Waals surface area contributed by atoms with Crippen molar-refractivity contribution >= 4 is 5.91 Å². The number of aliphatic hydroxyl groups is 1. The molecule has 0 aromatic rings. The van der Waals surface area contributed by atoms with Crippen LogP contribution in [-0.2, 0) is 4.79 Å². The summed E-state index contributed by atoms with van der Waals surface area (Å²) in [5.41, 5.74) is 1.07. The fourth-order valence-corrected chi connectivity index (χ4v) is 2.75. The zero-order chi connectivity index (χ0) is 12.5. The summed E-state index contributed by atoms with van der Waals surface area (Å²) in [6.45, 7) is 4.25. The first-order valence-corrected chi connectivity index (χ1v) is 6.65. The number of hydrogen-bond acceptors (Lipinski definition) is 2. The number of nitrogens with one attached hydrogen (secondary N) is 1. The highest BCUT2D eigenvalue weighted by molar-refractivity contribution is 5.88. The molecule has 17 heavy (non-hydrogen) atoms. The maximum atomic E-state index is 11.9. The molecule has 2 saturated carbocycles. The zero-order valence-corrected chi connectivity index (χ0v) is 10.8. The average molecular weight is 237 g/mol. The lowest BCUT2D eigenvalue weighted by Crippen LogP contribution is -2.44. The molecule has 2 aliphatic rings. The minimum absolute atomic E-state index is 0.0148. The smallest absolute Gasteiger partial charge is 0.244 e. The molecule has 3 heteroatoms. The predicted octanol–water partition coefficient (Wildman–Crippen LogP) is 2.01. The van der Waals surface area contributed by atoms with Gasteiger partial charge in [0.2, 0.25) is 5.91 Å². The van der Waals surface area contributed by atoms with Gasteiger partial charge in [-0.2, -0.15) is 0 Å². The Morgan fingerprint density at radius 2 is 2.18 bits per heavy atom. The summed E-state index contributed by atoms with van der Waals surface area (Å²) in [7, 11) is 0. The van der Waals surface area contributed by atoms with Crippen molar-refractivity contribution in [3.05, 3.63) is 11.6 Å². The van der Waals surface area contributed by atoms with Gasteiger partial charge in [-0.05, 0) is 38.5 Å². The van der Waals surface area contributed by atoms with E-state index in [1.165, 1.54) is 18.4 Å². The summed E-state index contributed by atoms with van der Waals surface area (Å²) in [5.74, 6) is 0.662. The third-order valence-corrected chi connectivity index (χ3v) is 4.34. The summed E-state index contributed by atoms with van der Waals surface area (Å²) in [6, 6.07) is 0.128. The van der Waals surface area contributed by atoms with Crippen LogP contribution in [0.4, 0.5) is 0 Å². The lowest BCUT2D eigenvalue weighted by molar-refractivity contribution is -0.118. The Hall–Kier alpha value is -0.830. The molecular formula is C14H23NO2. The second kappa shape index (κ2) is 4.81. The molecule has 0 radical (unpaired) electrons. The summed E-state index contributed by atoms with van der Waals surface area (Å²) in [5, 5.41) is 12.5. The van der Waals surface area contributed by atoms with Crippen LogP contribution in [0.3, 0.4) is 0 Å². The Labute approximate surface area is 103 Å².